The first-order valence-electron chi connectivity index (χ1n) is 6.67. The molecule has 1 aromatic rings. The Morgan fingerprint density at radius 3 is 2.79 bits per heavy atom. The first kappa shape index (κ1) is 14.1. The van der Waals surface area contributed by atoms with Crippen molar-refractivity contribution in [1.29, 1.82) is 0 Å². The van der Waals surface area contributed by atoms with Crippen molar-refractivity contribution in [2.24, 2.45) is 0 Å². The van der Waals surface area contributed by atoms with Crippen LogP contribution in [0.25, 0.3) is 0 Å². The number of piperidine rings is 1. The smallest absolute Gasteiger partial charge is 0.326 e. The highest BCUT2D eigenvalue weighted by Crippen LogP contribution is 2.26. The molecule has 0 bridgehead atoms. The van der Waals surface area contributed by atoms with Crippen molar-refractivity contribution in [2.45, 2.75) is 45.6 Å². The summed E-state index contributed by atoms with van der Waals surface area (Å²) in [6, 6.07) is 1.25. The molecule has 104 valence electrons. The van der Waals surface area contributed by atoms with E-state index in [2.05, 4.69) is 6.92 Å². The van der Waals surface area contributed by atoms with Crippen LogP contribution < -0.4 is 0 Å². The molecular weight excluding hydrogens is 262 g/mol. The quantitative estimate of drug-likeness (QED) is 0.926. The van der Waals surface area contributed by atoms with Crippen LogP contribution in [-0.4, -0.2) is 34.5 Å². The molecule has 1 aromatic heterocycles. The van der Waals surface area contributed by atoms with E-state index >= 15 is 0 Å². The third-order valence-electron chi connectivity index (χ3n) is 3.66. The number of likely N-dealkylation sites (tertiary alicyclic amines) is 1. The van der Waals surface area contributed by atoms with Crippen molar-refractivity contribution in [2.75, 3.05) is 6.54 Å². The lowest BCUT2D eigenvalue weighted by Crippen LogP contribution is -2.47. The Kier molecular flexibility index (Phi) is 4.24. The van der Waals surface area contributed by atoms with Gasteiger partial charge in [0, 0.05) is 11.4 Å². The summed E-state index contributed by atoms with van der Waals surface area (Å²) in [5, 5.41) is 9.22. The van der Waals surface area contributed by atoms with Gasteiger partial charge in [-0.3, -0.25) is 4.79 Å². The monoisotopic (exact) mass is 281 g/mol. The number of nitrogens with zero attached hydrogens (tertiary/aromatic N) is 1. The normalized spacial score (nSPS) is 19.5. The molecule has 0 aliphatic carbocycles. The van der Waals surface area contributed by atoms with Crippen molar-refractivity contribution < 1.29 is 14.7 Å². The van der Waals surface area contributed by atoms with E-state index in [1.807, 2.05) is 13.0 Å². The molecule has 1 aliphatic heterocycles. The molecule has 1 fully saturated rings. The Morgan fingerprint density at radius 1 is 1.47 bits per heavy atom. The van der Waals surface area contributed by atoms with Crippen LogP contribution in [0.4, 0.5) is 0 Å². The van der Waals surface area contributed by atoms with E-state index in [1.54, 1.807) is 0 Å². The minimum absolute atomic E-state index is 0.125. The Morgan fingerprint density at radius 2 is 2.21 bits per heavy atom. The largest absolute Gasteiger partial charge is 0.480 e. The number of carboxylic acid groups (broad SMARTS) is 1. The van der Waals surface area contributed by atoms with Crippen LogP contribution in [0.5, 0.6) is 0 Å². The number of aliphatic carboxylic acids is 1. The van der Waals surface area contributed by atoms with Gasteiger partial charge in [0.2, 0.25) is 0 Å². The molecule has 1 N–H and O–H groups in total. The van der Waals surface area contributed by atoms with Gasteiger partial charge >= 0.3 is 5.97 Å². The molecule has 0 spiro atoms. The first-order chi connectivity index (χ1) is 9.04. The zero-order chi connectivity index (χ0) is 14.0. The maximum atomic E-state index is 12.5. The summed E-state index contributed by atoms with van der Waals surface area (Å²) < 4.78 is 0. The van der Waals surface area contributed by atoms with Crippen molar-refractivity contribution in [1.82, 2.24) is 4.90 Å². The lowest BCUT2D eigenvalue weighted by Gasteiger charge is -2.32. The van der Waals surface area contributed by atoms with Gasteiger partial charge in [-0.25, -0.2) is 4.79 Å². The third kappa shape index (κ3) is 2.81. The van der Waals surface area contributed by atoms with E-state index in [0.717, 1.165) is 24.1 Å². The van der Waals surface area contributed by atoms with Crippen molar-refractivity contribution in [3.8, 4) is 0 Å². The number of carboxylic acids is 1. The summed E-state index contributed by atoms with van der Waals surface area (Å²) in [6.07, 6.45) is 3.23. The maximum Gasteiger partial charge on any atom is 0.326 e. The van der Waals surface area contributed by atoms with Gasteiger partial charge in [0.05, 0.1) is 4.88 Å². The summed E-state index contributed by atoms with van der Waals surface area (Å²) in [4.78, 5) is 27.0. The fourth-order valence-corrected chi connectivity index (χ4v) is 3.62. The summed E-state index contributed by atoms with van der Waals surface area (Å²) in [5.74, 6) is -1.02. The van der Waals surface area contributed by atoms with Gasteiger partial charge in [0.25, 0.3) is 5.91 Å². The molecule has 19 heavy (non-hydrogen) atoms. The van der Waals surface area contributed by atoms with Crippen LogP contribution in [-0.2, 0) is 11.2 Å². The zero-order valence-electron chi connectivity index (χ0n) is 11.3. The average molecular weight is 281 g/mol. The highest BCUT2D eigenvalue weighted by molar-refractivity contribution is 7.14. The van der Waals surface area contributed by atoms with Gasteiger partial charge in [0.15, 0.2) is 0 Å². The molecular formula is C14H19NO3S. The van der Waals surface area contributed by atoms with E-state index in [0.29, 0.717) is 17.8 Å². The van der Waals surface area contributed by atoms with E-state index < -0.39 is 12.0 Å². The predicted octanol–water partition coefficient (Wildman–Crippen LogP) is 2.70. The molecule has 1 atom stereocenters. The molecule has 1 aliphatic rings. The van der Waals surface area contributed by atoms with Gasteiger partial charge in [-0.1, -0.05) is 6.92 Å². The number of aryl methyl sites for hydroxylation is 2. The van der Waals surface area contributed by atoms with Crippen LogP contribution in [0.3, 0.4) is 0 Å². The van der Waals surface area contributed by atoms with E-state index in [1.165, 1.54) is 21.8 Å². The Bertz CT molecular complexity index is 495. The number of hydrogen-bond donors (Lipinski definition) is 1. The number of hydrogen-bond acceptors (Lipinski definition) is 3. The minimum Gasteiger partial charge on any atom is -0.480 e. The highest BCUT2D eigenvalue weighted by Gasteiger charge is 2.33. The number of carbonyl (C=O) groups excluding carboxylic acids is 1. The molecule has 0 unspecified atom stereocenters. The van der Waals surface area contributed by atoms with Gasteiger partial charge in [-0.15, -0.1) is 11.3 Å². The highest BCUT2D eigenvalue weighted by atomic mass is 32.1. The van der Waals surface area contributed by atoms with Crippen LogP contribution in [0.15, 0.2) is 6.07 Å². The SMILES string of the molecule is CCc1cc(C(=O)N2CCCC[C@H]2C(=O)O)sc1C. The molecule has 4 nitrogen and oxygen atoms in total. The molecule has 0 aromatic carbocycles. The van der Waals surface area contributed by atoms with E-state index in [9.17, 15) is 14.7 Å². The van der Waals surface area contributed by atoms with Gasteiger partial charge in [0.1, 0.15) is 6.04 Å². The topological polar surface area (TPSA) is 57.6 Å². The van der Waals surface area contributed by atoms with Gasteiger partial charge in [-0.2, -0.15) is 0 Å². The molecule has 2 rings (SSSR count). The number of thiophene rings is 1. The zero-order valence-corrected chi connectivity index (χ0v) is 12.1. The summed E-state index contributed by atoms with van der Waals surface area (Å²) in [7, 11) is 0. The third-order valence-corrected chi connectivity index (χ3v) is 4.74. The second kappa shape index (κ2) is 5.74. The number of rotatable bonds is 3. The van der Waals surface area contributed by atoms with Crippen molar-refractivity contribution >= 4 is 23.2 Å². The lowest BCUT2D eigenvalue weighted by atomic mass is 10.0. The van der Waals surface area contributed by atoms with Crippen LogP contribution in [0.2, 0.25) is 0 Å². The van der Waals surface area contributed by atoms with Gasteiger partial charge < -0.3 is 10.0 Å². The molecule has 0 radical (unpaired) electrons. The molecule has 1 amide bonds. The molecule has 1 saturated heterocycles. The standard InChI is InChI=1S/C14H19NO3S/c1-3-10-8-12(19-9(10)2)13(16)15-7-5-4-6-11(15)14(17)18/h8,11H,3-7H2,1-2H3,(H,17,18)/t11-/m0/s1. The Hall–Kier alpha value is -1.36. The first-order valence-corrected chi connectivity index (χ1v) is 7.49. The number of carbonyl (C=O) groups is 2. The van der Waals surface area contributed by atoms with E-state index in [4.69, 9.17) is 0 Å². The van der Waals surface area contributed by atoms with Crippen molar-refractivity contribution in [3.05, 3.63) is 21.4 Å². The average Bonchev–Trinajstić information content (AvgIpc) is 2.79. The second-order valence-corrected chi connectivity index (χ2v) is 6.15. The Balaban J connectivity index is 2.23. The van der Waals surface area contributed by atoms with Crippen molar-refractivity contribution in [3.63, 3.8) is 0 Å². The fraction of sp³-hybridized carbons (Fsp3) is 0.571. The summed E-state index contributed by atoms with van der Waals surface area (Å²) in [6.45, 7) is 4.61. The van der Waals surface area contributed by atoms with Crippen LogP contribution >= 0.6 is 11.3 Å². The molecule has 5 heteroatoms. The summed E-state index contributed by atoms with van der Waals surface area (Å²) >= 11 is 1.47. The lowest BCUT2D eigenvalue weighted by molar-refractivity contribution is -0.143. The van der Waals surface area contributed by atoms with E-state index in [-0.39, 0.29) is 5.91 Å². The van der Waals surface area contributed by atoms with Gasteiger partial charge in [-0.05, 0) is 44.2 Å². The second-order valence-electron chi connectivity index (χ2n) is 4.89. The maximum absolute atomic E-state index is 12.5. The number of amides is 1. The van der Waals surface area contributed by atoms with Crippen LogP contribution in [0.1, 0.15) is 46.3 Å². The fourth-order valence-electron chi connectivity index (χ4n) is 2.55. The van der Waals surface area contributed by atoms with Crippen LogP contribution in [0, 0.1) is 6.92 Å². The Labute approximate surface area is 117 Å². The molecule has 2 heterocycles. The minimum atomic E-state index is -0.892. The predicted molar refractivity (Wildman–Crippen MR) is 74.7 cm³/mol. The summed E-state index contributed by atoms with van der Waals surface area (Å²) in [5.41, 5.74) is 1.18. The molecule has 0 saturated carbocycles.